The Labute approximate surface area is 171 Å². The Morgan fingerprint density at radius 1 is 1.00 bits per heavy atom. The van der Waals surface area contributed by atoms with E-state index in [1.807, 2.05) is 24.3 Å². The summed E-state index contributed by atoms with van der Waals surface area (Å²) in [5, 5.41) is 0. The Morgan fingerprint density at radius 2 is 1.69 bits per heavy atom. The van der Waals surface area contributed by atoms with Crippen molar-refractivity contribution in [2.45, 2.75) is 58.5 Å². The van der Waals surface area contributed by atoms with Gasteiger partial charge in [0.25, 0.3) is 0 Å². The van der Waals surface area contributed by atoms with E-state index < -0.39 is 18.2 Å². The molecule has 0 unspecified atom stereocenters. The highest BCUT2D eigenvalue weighted by molar-refractivity contribution is 5.65. The van der Waals surface area contributed by atoms with Crippen molar-refractivity contribution in [3.63, 3.8) is 0 Å². The van der Waals surface area contributed by atoms with Gasteiger partial charge in [-0.05, 0) is 67.0 Å². The van der Waals surface area contributed by atoms with Crippen molar-refractivity contribution in [3.05, 3.63) is 53.8 Å². The van der Waals surface area contributed by atoms with Gasteiger partial charge in [0.1, 0.15) is 0 Å². The minimum absolute atomic E-state index is 0.448. The first-order chi connectivity index (χ1) is 14.0. The number of ether oxygens (including phenoxy) is 1. The van der Waals surface area contributed by atoms with Crippen molar-refractivity contribution < 1.29 is 17.9 Å². The van der Waals surface area contributed by atoms with Crippen molar-refractivity contribution in [1.29, 1.82) is 0 Å². The maximum absolute atomic E-state index is 13.9. The maximum Gasteiger partial charge on any atom is 0.387 e. The first kappa shape index (κ1) is 21.3. The van der Waals surface area contributed by atoms with Gasteiger partial charge in [0.2, 0.25) is 0 Å². The van der Waals surface area contributed by atoms with Crippen LogP contribution in [0.5, 0.6) is 5.75 Å². The number of alkyl halides is 2. The number of halogens is 3. The molecule has 1 nitrogen and oxygen atoms in total. The fraction of sp³-hybridized carbons (Fsp3) is 0.440. The molecule has 0 saturated heterocycles. The molecule has 0 amide bonds. The summed E-state index contributed by atoms with van der Waals surface area (Å²) in [4.78, 5) is 0. The number of unbranched alkanes of at least 4 members (excludes halogenated alkanes) is 1. The van der Waals surface area contributed by atoms with Gasteiger partial charge in [-0.1, -0.05) is 56.2 Å². The van der Waals surface area contributed by atoms with E-state index in [0.29, 0.717) is 11.5 Å². The van der Waals surface area contributed by atoms with Crippen LogP contribution in [0.2, 0.25) is 0 Å². The summed E-state index contributed by atoms with van der Waals surface area (Å²) in [6, 6.07) is 11.6. The number of hydrogen-bond donors (Lipinski definition) is 0. The molecule has 1 aliphatic carbocycles. The van der Waals surface area contributed by atoms with Gasteiger partial charge in [-0.2, -0.15) is 8.78 Å². The normalized spacial score (nSPS) is 18.9. The Kier molecular flexibility index (Phi) is 7.63. The van der Waals surface area contributed by atoms with Gasteiger partial charge in [0.05, 0.1) is 0 Å². The third-order valence-corrected chi connectivity index (χ3v) is 5.60. The summed E-state index contributed by atoms with van der Waals surface area (Å²) in [5.74, 6) is 6.78. The second-order valence-corrected chi connectivity index (χ2v) is 7.73. The van der Waals surface area contributed by atoms with Crippen molar-refractivity contribution >= 4 is 0 Å². The number of hydrogen-bond acceptors (Lipinski definition) is 1. The summed E-state index contributed by atoms with van der Waals surface area (Å²) < 4.78 is 42.5. The summed E-state index contributed by atoms with van der Waals surface area (Å²) in [5.41, 5.74) is 2.34. The third-order valence-electron chi connectivity index (χ3n) is 5.60. The van der Waals surface area contributed by atoms with Crippen molar-refractivity contribution in [1.82, 2.24) is 0 Å². The van der Waals surface area contributed by atoms with E-state index in [-0.39, 0.29) is 0 Å². The van der Waals surface area contributed by atoms with Crippen LogP contribution in [0.4, 0.5) is 13.2 Å². The minimum Gasteiger partial charge on any atom is -0.432 e. The molecular weight excluding hydrogens is 373 g/mol. The lowest BCUT2D eigenvalue weighted by Crippen LogP contribution is -2.13. The van der Waals surface area contributed by atoms with Crippen LogP contribution in [0.1, 0.15) is 57.4 Å². The SMILES string of the molecule is CCCCC1CCC(C#Cc2ccc(-c3ccc(OC(F)F)c(F)c3)cc2)CC1. The average molecular weight is 400 g/mol. The molecule has 154 valence electrons. The van der Waals surface area contributed by atoms with Crippen LogP contribution >= 0.6 is 0 Å². The van der Waals surface area contributed by atoms with Gasteiger partial charge in [0.15, 0.2) is 11.6 Å². The van der Waals surface area contributed by atoms with Gasteiger partial charge in [-0.15, -0.1) is 0 Å². The molecule has 0 aliphatic heterocycles. The van der Waals surface area contributed by atoms with Gasteiger partial charge in [-0.3, -0.25) is 0 Å². The summed E-state index contributed by atoms with van der Waals surface area (Å²) in [6.45, 7) is -0.796. The van der Waals surface area contributed by atoms with E-state index >= 15 is 0 Å². The molecule has 2 aromatic carbocycles. The van der Waals surface area contributed by atoms with Crippen LogP contribution in [0.25, 0.3) is 11.1 Å². The Hall–Kier alpha value is -2.41. The van der Waals surface area contributed by atoms with Gasteiger partial charge in [0, 0.05) is 11.5 Å². The van der Waals surface area contributed by atoms with E-state index in [2.05, 4.69) is 23.5 Å². The molecular formula is C25H27F3O. The highest BCUT2D eigenvalue weighted by atomic mass is 19.3. The third kappa shape index (κ3) is 6.29. The lowest BCUT2D eigenvalue weighted by molar-refractivity contribution is -0.0521. The molecule has 0 bridgehead atoms. The molecule has 0 atom stereocenters. The molecule has 0 N–H and O–H groups in total. The van der Waals surface area contributed by atoms with E-state index in [0.717, 1.165) is 17.0 Å². The maximum atomic E-state index is 13.9. The average Bonchev–Trinajstić information content (AvgIpc) is 2.73. The molecule has 4 heteroatoms. The monoisotopic (exact) mass is 400 g/mol. The second kappa shape index (κ2) is 10.4. The zero-order valence-electron chi connectivity index (χ0n) is 16.8. The highest BCUT2D eigenvalue weighted by Crippen LogP contribution is 2.31. The predicted octanol–water partition coefficient (Wildman–Crippen LogP) is 7.44. The van der Waals surface area contributed by atoms with Gasteiger partial charge in [-0.25, -0.2) is 4.39 Å². The van der Waals surface area contributed by atoms with Gasteiger partial charge < -0.3 is 4.74 Å². The summed E-state index contributed by atoms with van der Waals surface area (Å²) in [6.07, 6.45) is 8.91. The van der Waals surface area contributed by atoms with E-state index in [4.69, 9.17) is 0 Å². The fourth-order valence-corrected chi connectivity index (χ4v) is 3.89. The zero-order valence-corrected chi connectivity index (χ0v) is 16.8. The second-order valence-electron chi connectivity index (χ2n) is 7.73. The molecule has 1 saturated carbocycles. The van der Waals surface area contributed by atoms with Crippen LogP contribution in [0.3, 0.4) is 0 Å². The lowest BCUT2D eigenvalue weighted by Gasteiger charge is -2.25. The van der Waals surface area contributed by atoms with Crippen molar-refractivity contribution in [2.75, 3.05) is 0 Å². The first-order valence-corrected chi connectivity index (χ1v) is 10.4. The smallest absolute Gasteiger partial charge is 0.387 e. The largest absolute Gasteiger partial charge is 0.432 e. The van der Waals surface area contributed by atoms with Crippen LogP contribution in [0, 0.1) is 29.5 Å². The topological polar surface area (TPSA) is 9.23 Å². The summed E-state index contributed by atoms with van der Waals surface area (Å²) >= 11 is 0. The number of benzene rings is 2. The van der Waals surface area contributed by atoms with Crippen LogP contribution in [-0.4, -0.2) is 6.61 Å². The van der Waals surface area contributed by atoms with Crippen LogP contribution in [-0.2, 0) is 0 Å². The standard InChI is InChI=1S/C25H27F3O/c1-2-3-4-18-5-7-19(8-6-18)9-10-20-11-13-21(14-12-20)22-15-16-24(23(26)17-22)29-25(27)28/h11-19,25H,2-8H2,1H3. The Bertz CT molecular complexity index is 841. The zero-order chi connectivity index (χ0) is 20.6. The molecule has 1 aliphatic rings. The lowest BCUT2D eigenvalue weighted by atomic mass is 9.80. The highest BCUT2D eigenvalue weighted by Gasteiger charge is 2.19. The molecule has 0 aromatic heterocycles. The fourth-order valence-electron chi connectivity index (χ4n) is 3.89. The van der Waals surface area contributed by atoms with Crippen molar-refractivity contribution in [3.8, 4) is 28.7 Å². The quantitative estimate of drug-likeness (QED) is 0.458. The van der Waals surface area contributed by atoms with E-state index in [1.54, 1.807) is 6.07 Å². The molecule has 3 rings (SSSR count). The van der Waals surface area contributed by atoms with Crippen LogP contribution < -0.4 is 4.74 Å². The first-order valence-electron chi connectivity index (χ1n) is 10.4. The molecule has 0 radical (unpaired) electrons. The molecule has 0 spiro atoms. The Balaban J connectivity index is 1.59. The Morgan fingerprint density at radius 3 is 2.31 bits per heavy atom. The number of rotatable bonds is 6. The predicted molar refractivity (Wildman–Crippen MR) is 110 cm³/mol. The summed E-state index contributed by atoms with van der Waals surface area (Å²) in [7, 11) is 0. The minimum atomic E-state index is -3.04. The molecule has 2 aromatic rings. The molecule has 29 heavy (non-hydrogen) atoms. The molecule has 0 heterocycles. The molecule has 1 fully saturated rings. The van der Waals surface area contributed by atoms with E-state index in [1.165, 1.54) is 57.1 Å². The van der Waals surface area contributed by atoms with E-state index in [9.17, 15) is 13.2 Å². The van der Waals surface area contributed by atoms with Crippen molar-refractivity contribution in [2.24, 2.45) is 11.8 Å². The van der Waals surface area contributed by atoms with Gasteiger partial charge >= 0.3 is 6.61 Å². The van der Waals surface area contributed by atoms with Crippen LogP contribution in [0.15, 0.2) is 42.5 Å².